The smallest absolute Gasteiger partial charge is 0.376 e. The summed E-state index contributed by atoms with van der Waals surface area (Å²) in [6.45, 7) is 4.00. The molecule has 7 nitrogen and oxygen atoms in total. The molecule has 1 aromatic heterocycles. The van der Waals surface area contributed by atoms with Gasteiger partial charge in [0.05, 0.1) is 5.54 Å². The molecule has 2 N–H and O–H groups in total. The average Bonchev–Trinajstić information content (AvgIpc) is 2.68. The van der Waals surface area contributed by atoms with E-state index in [-0.39, 0.29) is 34.9 Å². The van der Waals surface area contributed by atoms with Crippen molar-refractivity contribution in [1.29, 1.82) is 0 Å². The SMILES string of the molecule is CB(O)N1CCC2(CC1)Cn1ccc(=O)c(OCc3ccccc3)c1C(=O)N2. The molecule has 0 atom stereocenters. The summed E-state index contributed by atoms with van der Waals surface area (Å²) in [5.74, 6) is -0.183. The van der Waals surface area contributed by atoms with E-state index >= 15 is 0 Å². The molecular weight excluding hydrogens is 357 g/mol. The minimum atomic E-state index is -0.488. The molecule has 2 aliphatic rings. The zero-order chi connectivity index (χ0) is 19.7. The van der Waals surface area contributed by atoms with Gasteiger partial charge in [-0.15, -0.1) is 0 Å². The molecule has 1 fully saturated rings. The minimum Gasteiger partial charge on any atom is -0.483 e. The summed E-state index contributed by atoms with van der Waals surface area (Å²) in [7, 11) is -0.488. The molecule has 1 amide bonds. The molecule has 1 aromatic carbocycles. The molecule has 0 radical (unpaired) electrons. The van der Waals surface area contributed by atoms with Gasteiger partial charge in [0.2, 0.25) is 5.43 Å². The molecule has 4 rings (SSSR count). The first-order chi connectivity index (χ1) is 13.5. The van der Waals surface area contributed by atoms with E-state index in [9.17, 15) is 14.6 Å². The second-order valence-electron chi connectivity index (χ2n) is 7.66. The van der Waals surface area contributed by atoms with Crippen LogP contribution in [0, 0.1) is 0 Å². The number of amides is 1. The topological polar surface area (TPSA) is 83.8 Å². The van der Waals surface area contributed by atoms with E-state index < -0.39 is 7.05 Å². The van der Waals surface area contributed by atoms with Crippen molar-refractivity contribution in [2.45, 2.75) is 38.4 Å². The maximum absolute atomic E-state index is 12.9. The van der Waals surface area contributed by atoms with E-state index in [4.69, 9.17) is 4.74 Å². The second-order valence-corrected chi connectivity index (χ2v) is 7.66. The van der Waals surface area contributed by atoms with Gasteiger partial charge < -0.3 is 24.5 Å². The van der Waals surface area contributed by atoms with Crippen molar-refractivity contribution in [2.75, 3.05) is 13.1 Å². The number of piperidine rings is 1. The summed E-state index contributed by atoms with van der Waals surface area (Å²) in [5.41, 5.74) is 0.563. The van der Waals surface area contributed by atoms with Crippen LogP contribution in [0.3, 0.4) is 0 Å². The second kappa shape index (κ2) is 7.45. The molecule has 146 valence electrons. The Morgan fingerprint density at radius 2 is 1.89 bits per heavy atom. The number of hydrogen-bond donors (Lipinski definition) is 2. The summed E-state index contributed by atoms with van der Waals surface area (Å²) in [6, 6.07) is 11.0. The average molecular weight is 381 g/mol. The highest BCUT2D eigenvalue weighted by molar-refractivity contribution is 6.45. The van der Waals surface area contributed by atoms with Crippen molar-refractivity contribution in [1.82, 2.24) is 14.7 Å². The third kappa shape index (κ3) is 3.57. The minimum absolute atomic E-state index is 0.0973. The maximum atomic E-state index is 12.9. The molecule has 0 saturated carbocycles. The van der Waals surface area contributed by atoms with Crippen molar-refractivity contribution < 1.29 is 14.6 Å². The van der Waals surface area contributed by atoms with Gasteiger partial charge in [-0.25, -0.2) is 0 Å². The van der Waals surface area contributed by atoms with Crippen LogP contribution in [0.15, 0.2) is 47.4 Å². The van der Waals surface area contributed by atoms with Crippen LogP contribution in [-0.4, -0.2) is 46.0 Å². The zero-order valence-electron chi connectivity index (χ0n) is 15.9. The van der Waals surface area contributed by atoms with Crippen LogP contribution in [-0.2, 0) is 13.2 Å². The Bertz CT molecular complexity index is 921. The molecular formula is C20H24BN3O4. The lowest BCUT2D eigenvalue weighted by Gasteiger charge is -2.45. The summed E-state index contributed by atoms with van der Waals surface area (Å²) < 4.78 is 7.61. The van der Waals surface area contributed by atoms with Gasteiger partial charge in [-0.05, 0) is 38.3 Å². The maximum Gasteiger partial charge on any atom is 0.376 e. The van der Waals surface area contributed by atoms with Crippen molar-refractivity contribution in [3.05, 3.63) is 64.1 Å². The number of carbonyl (C=O) groups is 1. The van der Waals surface area contributed by atoms with Gasteiger partial charge in [0.15, 0.2) is 11.4 Å². The van der Waals surface area contributed by atoms with Crippen molar-refractivity contribution in [3.8, 4) is 5.75 Å². The van der Waals surface area contributed by atoms with Crippen LogP contribution >= 0.6 is 0 Å². The number of nitrogens with one attached hydrogen (secondary N) is 1. The summed E-state index contributed by atoms with van der Waals surface area (Å²) >= 11 is 0. The number of benzene rings is 1. The lowest BCUT2D eigenvalue weighted by molar-refractivity contribution is 0.0744. The largest absolute Gasteiger partial charge is 0.483 e. The number of fused-ring (bicyclic) bond motifs is 1. The van der Waals surface area contributed by atoms with Crippen LogP contribution < -0.4 is 15.5 Å². The number of ether oxygens (including phenoxy) is 1. The molecule has 3 heterocycles. The van der Waals surface area contributed by atoms with Gasteiger partial charge in [-0.2, -0.15) is 0 Å². The highest BCUT2D eigenvalue weighted by Gasteiger charge is 2.42. The Hall–Kier alpha value is -2.58. The Morgan fingerprint density at radius 1 is 1.18 bits per heavy atom. The monoisotopic (exact) mass is 381 g/mol. The molecule has 1 saturated heterocycles. The molecule has 8 heteroatoms. The van der Waals surface area contributed by atoms with Gasteiger partial charge >= 0.3 is 7.05 Å². The summed E-state index contributed by atoms with van der Waals surface area (Å²) in [6.07, 6.45) is 3.17. The van der Waals surface area contributed by atoms with Gasteiger partial charge in [0, 0.05) is 18.8 Å². The number of rotatable bonds is 4. The highest BCUT2D eigenvalue weighted by atomic mass is 16.5. The Labute approximate surface area is 164 Å². The lowest BCUT2D eigenvalue weighted by Crippen LogP contribution is -2.62. The highest BCUT2D eigenvalue weighted by Crippen LogP contribution is 2.30. The van der Waals surface area contributed by atoms with E-state index in [0.29, 0.717) is 19.6 Å². The molecule has 2 aromatic rings. The molecule has 0 unspecified atom stereocenters. The number of carbonyl (C=O) groups excluding carboxylic acids is 1. The quantitative estimate of drug-likeness (QED) is 0.776. The molecule has 1 spiro atoms. The van der Waals surface area contributed by atoms with Gasteiger partial charge in [0.25, 0.3) is 5.91 Å². The molecule has 28 heavy (non-hydrogen) atoms. The van der Waals surface area contributed by atoms with Crippen LogP contribution in [0.25, 0.3) is 0 Å². The Balaban J connectivity index is 1.57. The van der Waals surface area contributed by atoms with Gasteiger partial charge in [0.1, 0.15) is 6.61 Å². The fourth-order valence-electron chi connectivity index (χ4n) is 4.06. The van der Waals surface area contributed by atoms with Gasteiger partial charge in [-0.1, -0.05) is 30.3 Å². The standard InChI is InChI=1S/C20H24BN3O4/c1-21(27)24-11-8-20(9-12-24)14-23-10-7-16(25)18(17(23)19(26)22-20)28-13-15-5-3-2-4-6-15/h2-7,10,27H,8-9,11-14H2,1H3,(H,22,26). The van der Waals surface area contributed by atoms with E-state index in [0.717, 1.165) is 18.4 Å². The fraction of sp³-hybridized carbons (Fsp3) is 0.400. The molecule has 2 aliphatic heterocycles. The first-order valence-electron chi connectivity index (χ1n) is 9.62. The summed E-state index contributed by atoms with van der Waals surface area (Å²) in [5, 5.41) is 12.9. The normalized spacial score (nSPS) is 18.4. The van der Waals surface area contributed by atoms with E-state index in [1.807, 2.05) is 39.7 Å². The third-order valence-electron chi connectivity index (χ3n) is 5.71. The number of aromatic nitrogens is 1. The predicted octanol–water partition coefficient (Wildman–Crippen LogP) is 1.12. The fourth-order valence-corrected chi connectivity index (χ4v) is 4.06. The van der Waals surface area contributed by atoms with E-state index in [2.05, 4.69) is 5.32 Å². The van der Waals surface area contributed by atoms with Gasteiger partial charge in [-0.3, -0.25) is 9.59 Å². The zero-order valence-corrected chi connectivity index (χ0v) is 15.9. The van der Waals surface area contributed by atoms with Crippen LogP contribution in [0.2, 0.25) is 6.82 Å². The van der Waals surface area contributed by atoms with E-state index in [1.165, 1.54) is 6.07 Å². The van der Waals surface area contributed by atoms with Crippen molar-refractivity contribution in [2.24, 2.45) is 0 Å². The molecule has 0 aliphatic carbocycles. The predicted molar refractivity (Wildman–Crippen MR) is 106 cm³/mol. The van der Waals surface area contributed by atoms with Crippen LogP contribution in [0.1, 0.15) is 28.9 Å². The van der Waals surface area contributed by atoms with Crippen LogP contribution in [0.5, 0.6) is 5.75 Å². The number of hydrogen-bond acceptors (Lipinski definition) is 5. The number of pyridine rings is 1. The first-order valence-corrected chi connectivity index (χ1v) is 9.62. The lowest BCUT2D eigenvalue weighted by atomic mass is 9.77. The van der Waals surface area contributed by atoms with Crippen molar-refractivity contribution >= 4 is 13.0 Å². The van der Waals surface area contributed by atoms with Crippen LogP contribution in [0.4, 0.5) is 0 Å². The van der Waals surface area contributed by atoms with E-state index in [1.54, 1.807) is 13.0 Å². The number of nitrogens with zero attached hydrogens (tertiary/aromatic N) is 2. The Kier molecular flexibility index (Phi) is 4.99. The third-order valence-corrected chi connectivity index (χ3v) is 5.71. The first kappa shape index (κ1) is 18.8. The Morgan fingerprint density at radius 3 is 2.57 bits per heavy atom. The summed E-state index contributed by atoms with van der Waals surface area (Å²) in [4.78, 5) is 27.3. The molecule has 0 bridgehead atoms. The van der Waals surface area contributed by atoms with Crippen molar-refractivity contribution in [3.63, 3.8) is 0 Å².